The van der Waals surface area contributed by atoms with Gasteiger partial charge in [0.2, 0.25) is 0 Å². The predicted molar refractivity (Wildman–Crippen MR) is 70.2 cm³/mol. The van der Waals surface area contributed by atoms with Crippen LogP contribution in [0.1, 0.15) is 16.7 Å². The van der Waals surface area contributed by atoms with Crippen molar-refractivity contribution < 1.29 is 5.11 Å². The van der Waals surface area contributed by atoms with Crippen LogP contribution >= 0.6 is 11.8 Å². The van der Waals surface area contributed by atoms with E-state index in [0.717, 1.165) is 15.5 Å². The van der Waals surface area contributed by atoms with Crippen molar-refractivity contribution in [2.24, 2.45) is 0 Å². The molecule has 0 aliphatic rings. The van der Waals surface area contributed by atoms with Gasteiger partial charge in [0.25, 0.3) is 0 Å². The molecule has 88 valence electrons. The predicted octanol–water partition coefficient (Wildman–Crippen LogP) is 3.34. The van der Waals surface area contributed by atoms with Gasteiger partial charge in [-0.25, -0.2) is 4.98 Å². The van der Waals surface area contributed by atoms with Gasteiger partial charge in [0.05, 0.1) is 6.61 Å². The highest BCUT2D eigenvalue weighted by Gasteiger charge is 2.05. The van der Waals surface area contributed by atoms with Crippen molar-refractivity contribution in [2.45, 2.75) is 30.4 Å². The lowest BCUT2D eigenvalue weighted by Crippen LogP contribution is -1.90. The largest absolute Gasteiger partial charge is 0.392 e. The summed E-state index contributed by atoms with van der Waals surface area (Å²) in [5.41, 5.74) is 3.44. The summed E-state index contributed by atoms with van der Waals surface area (Å²) in [6.45, 7) is 4.23. The first-order chi connectivity index (χ1) is 8.20. The first-order valence-electron chi connectivity index (χ1n) is 5.50. The van der Waals surface area contributed by atoms with Gasteiger partial charge >= 0.3 is 0 Å². The Morgan fingerprint density at radius 2 is 2.00 bits per heavy atom. The van der Waals surface area contributed by atoms with Crippen LogP contribution in [0, 0.1) is 13.8 Å². The Kier molecular flexibility index (Phi) is 3.82. The van der Waals surface area contributed by atoms with E-state index in [1.54, 1.807) is 18.0 Å². The lowest BCUT2D eigenvalue weighted by molar-refractivity contribution is 0.278. The maximum atomic E-state index is 9.24. The second kappa shape index (κ2) is 5.34. The van der Waals surface area contributed by atoms with E-state index >= 15 is 0 Å². The van der Waals surface area contributed by atoms with E-state index in [4.69, 9.17) is 0 Å². The Labute approximate surface area is 106 Å². The summed E-state index contributed by atoms with van der Waals surface area (Å²) in [5.74, 6) is 0. The van der Waals surface area contributed by atoms with Crippen LogP contribution in [0.5, 0.6) is 0 Å². The second-order valence-electron chi connectivity index (χ2n) is 3.97. The van der Waals surface area contributed by atoms with Crippen LogP contribution in [0.2, 0.25) is 0 Å². The van der Waals surface area contributed by atoms with E-state index < -0.39 is 0 Å². The molecule has 1 N–H and O–H groups in total. The topological polar surface area (TPSA) is 33.1 Å². The van der Waals surface area contributed by atoms with Crippen LogP contribution in [-0.4, -0.2) is 10.1 Å². The zero-order valence-electron chi connectivity index (χ0n) is 9.97. The Bertz CT molecular complexity index is 525. The number of rotatable bonds is 3. The van der Waals surface area contributed by atoms with Crippen molar-refractivity contribution in [2.75, 3.05) is 0 Å². The second-order valence-corrected chi connectivity index (χ2v) is 5.04. The fourth-order valence-electron chi connectivity index (χ4n) is 1.53. The Hall–Kier alpha value is -1.32. The number of benzene rings is 1. The Morgan fingerprint density at radius 3 is 2.71 bits per heavy atom. The average Bonchev–Trinajstić information content (AvgIpc) is 2.34. The molecule has 1 aromatic carbocycles. The molecule has 17 heavy (non-hydrogen) atoms. The van der Waals surface area contributed by atoms with Crippen molar-refractivity contribution in [3.63, 3.8) is 0 Å². The third-order valence-corrected chi connectivity index (χ3v) is 3.76. The third kappa shape index (κ3) is 2.87. The van der Waals surface area contributed by atoms with Crippen molar-refractivity contribution in [1.82, 2.24) is 4.98 Å². The molecule has 2 rings (SSSR count). The van der Waals surface area contributed by atoms with E-state index in [1.807, 2.05) is 12.1 Å². The minimum Gasteiger partial charge on any atom is -0.392 e. The zero-order chi connectivity index (χ0) is 12.3. The van der Waals surface area contributed by atoms with Crippen molar-refractivity contribution in [3.8, 4) is 0 Å². The summed E-state index contributed by atoms with van der Waals surface area (Å²) in [7, 11) is 0. The number of hydrogen-bond donors (Lipinski definition) is 1. The number of aryl methyl sites for hydroxylation is 2. The molecule has 0 atom stereocenters. The standard InChI is InChI=1S/C14H15NOS/c1-10-5-6-13(8-11(10)2)17-14-12(9-16)4-3-7-15-14/h3-8,16H,9H2,1-2H3. The SMILES string of the molecule is Cc1ccc(Sc2ncccc2CO)cc1C. The smallest absolute Gasteiger partial charge is 0.106 e. The molecule has 0 aliphatic carbocycles. The molecule has 0 fully saturated rings. The summed E-state index contributed by atoms with van der Waals surface area (Å²) >= 11 is 1.59. The molecule has 0 aliphatic heterocycles. The van der Waals surface area contributed by atoms with Crippen LogP contribution in [0.15, 0.2) is 46.5 Å². The van der Waals surface area contributed by atoms with Crippen LogP contribution in [0.25, 0.3) is 0 Å². The van der Waals surface area contributed by atoms with E-state index in [0.29, 0.717) is 0 Å². The molecule has 2 aromatic rings. The monoisotopic (exact) mass is 245 g/mol. The number of nitrogens with zero attached hydrogens (tertiary/aromatic N) is 1. The lowest BCUT2D eigenvalue weighted by Gasteiger charge is -2.07. The van der Waals surface area contributed by atoms with Gasteiger partial charge in [0.1, 0.15) is 5.03 Å². The summed E-state index contributed by atoms with van der Waals surface area (Å²) < 4.78 is 0. The molecule has 3 heteroatoms. The van der Waals surface area contributed by atoms with Gasteiger partial charge in [0, 0.05) is 16.7 Å². The quantitative estimate of drug-likeness (QED) is 0.900. The summed E-state index contributed by atoms with van der Waals surface area (Å²) in [5, 5.41) is 10.1. The highest BCUT2D eigenvalue weighted by atomic mass is 32.2. The molecule has 0 bridgehead atoms. The Morgan fingerprint density at radius 1 is 1.18 bits per heavy atom. The highest BCUT2D eigenvalue weighted by molar-refractivity contribution is 7.99. The molecule has 0 amide bonds. The molecule has 0 saturated carbocycles. The summed E-state index contributed by atoms with van der Waals surface area (Å²) in [6.07, 6.45) is 1.75. The van der Waals surface area contributed by atoms with E-state index in [2.05, 4.69) is 37.0 Å². The molecular weight excluding hydrogens is 230 g/mol. The number of aromatic nitrogens is 1. The van der Waals surface area contributed by atoms with Crippen molar-refractivity contribution >= 4 is 11.8 Å². The van der Waals surface area contributed by atoms with Gasteiger partial charge in [-0.3, -0.25) is 0 Å². The summed E-state index contributed by atoms with van der Waals surface area (Å²) in [6, 6.07) is 10.1. The fraction of sp³-hybridized carbons (Fsp3) is 0.214. The minimum absolute atomic E-state index is 0.0288. The summed E-state index contributed by atoms with van der Waals surface area (Å²) in [4.78, 5) is 5.45. The van der Waals surface area contributed by atoms with Gasteiger partial charge < -0.3 is 5.11 Å². The zero-order valence-corrected chi connectivity index (χ0v) is 10.8. The van der Waals surface area contributed by atoms with E-state index in [-0.39, 0.29) is 6.61 Å². The van der Waals surface area contributed by atoms with Gasteiger partial charge in [-0.05, 0) is 43.2 Å². The van der Waals surface area contributed by atoms with Crippen LogP contribution in [0.3, 0.4) is 0 Å². The number of aliphatic hydroxyl groups excluding tert-OH is 1. The normalized spacial score (nSPS) is 10.5. The van der Waals surface area contributed by atoms with Gasteiger partial charge in [-0.15, -0.1) is 0 Å². The van der Waals surface area contributed by atoms with Crippen molar-refractivity contribution in [3.05, 3.63) is 53.2 Å². The first-order valence-corrected chi connectivity index (χ1v) is 6.32. The average molecular weight is 245 g/mol. The molecule has 2 nitrogen and oxygen atoms in total. The molecule has 0 saturated heterocycles. The minimum atomic E-state index is 0.0288. The Balaban J connectivity index is 2.28. The molecule has 1 heterocycles. The van der Waals surface area contributed by atoms with Crippen molar-refractivity contribution in [1.29, 1.82) is 0 Å². The van der Waals surface area contributed by atoms with Crippen LogP contribution in [-0.2, 0) is 6.61 Å². The first kappa shape index (κ1) is 12.1. The molecule has 1 aromatic heterocycles. The maximum Gasteiger partial charge on any atom is 0.106 e. The van der Waals surface area contributed by atoms with Crippen LogP contribution < -0.4 is 0 Å². The van der Waals surface area contributed by atoms with Gasteiger partial charge in [0.15, 0.2) is 0 Å². The molecule has 0 spiro atoms. The van der Waals surface area contributed by atoms with Gasteiger partial charge in [-0.1, -0.05) is 23.9 Å². The molecular formula is C14H15NOS. The van der Waals surface area contributed by atoms with E-state index in [1.165, 1.54) is 11.1 Å². The number of pyridine rings is 1. The van der Waals surface area contributed by atoms with Gasteiger partial charge in [-0.2, -0.15) is 0 Å². The third-order valence-electron chi connectivity index (χ3n) is 2.71. The number of hydrogen-bond acceptors (Lipinski definition) is 3. The molecule has 0 radical (unpaired) electrons. The highest BCUT2D eigenvalue weighted by Crippen LogP contribution is 2.29. The maximum absolute atomic E-state index is 9.24. The number of aliphatic hydroxyl groups is 1. The van der Waals surface area contributed by atoms with Crippen LogP contribution in [0.4, 0.5) is 0 Å². The fourth-order valence-corrected chi connectivity index (χ4v) is 2.50. The molecule has 0 unspecified atom stereocenters. The lowest BCUT2D eigenvalue weighted by atomic mass is 10.1. The van der Waals surface area contributed by atoms with E-state index in [9.17, 15) is 5.11 Å².